The van der Waals surface area contributed by atoms with Crippen molar-refractivity contribution in [3.05, 3.63) is 88.9 Å². The van der Waals surface area contributed by atoms with E-state index in [1.165, 1.54) is 24.3 Å². The van der Waals surface area contributed by atoms with Gasteiger partial charge in [-0.2, -0.15) is 0 Å². The molecule has 0 N–H and O–H groups in total. The van der Waals surface area contributed by atoms with Crippen LogP contribution in [-0.2, 0) is 4.74 Å². The molecule has 0 spiro atoms. The minimum absolute atomic E-state index is 0.240. The number of hydrogen-bond acceptors (Lipinski definition) is 3. The van der Waals surface area contributed by atoms with Crippen molar-refractivity contribution in [2.24, 2.45) is 0 Å². The second kappa shape index (κ2) is 6.93. The lowest BCUT2D eigenvalue weighted by Gasteiger charge is -2.08. The number of ether oxygens (including phenoxy) is 1. The maximum atomic E-state index is 13.3. The lowest BCUT2D eigenvalue weighted by molar-refractivity contribution is 0.0529. The summed E-state index contributed by atoms with van der Waals surface area (Å²) < 4.78 is 20.2. The van der Waals surface area contributed by atoms with Crippen LogP contribution in [0.25, 0.3) is 16.4 Å². The summed E-state index contributed by atoms with van der Waals surface area (Å²) in [6.45, 7) is 3.97. The number of rotatable bonds is 4. The minimum Gasteiger partial charge on any atom is -0.462 e. The van der Waals surface area contributed by atoms with Gasteiger partial charge in [0.15, 0.2) is 0 Å². The van der Waals surface area contributed by atoms with Crippen LogP contribution in [0.1, 0.15) is 38.9 Å². The molecule has 2 heterocycles. The Morgan fingerprint density at radius 3 is 2.39 bits per heavy atom. The molecular weight excluding hydrogens is 357 g/mol. The number of carbonyl (C=O) groups is 2. The van der Waals surface area contributed by atoms with Gasteiger partial charge in [0.2, 0.25) is 5.78 Å². The quantitative estimate of drug-likeness (QED) is 0.375. The molecule has 0 bridgehead atoms. The molecule has 0 radical (unpaired) electrons. The van der Waals surface area contributed by atoms with Gasteiger partial charge in [-0.15, -0.1) is 0 Å². The fourth-order valence-electron chi connectivity index (χ4n) is 3.42. The first-order valence-corrected chi connectivity index (χ1v) is 9.02. The standard InChI is InChI=1S/C23H18FNO3/c1-3-28-23(27)18-13-21(22(26)15-5-8-17(24)9-6-15)25-19-10-4-14(2)12-16(19)7-11-20(18)25/h4-13H,3H2,1-2H3. The average Bonchev–Trinajstić information content (AvgIpc) is 3.08. The van der Waals surface area contributed by atoms with Crippen molar-refractivity contribution in [1.82, 2.24) is 4.40 Å². The van der Waals surface area contributed by atoms with E-state index in [2.05, 4.69) is 0 Å². The molecule has 4 rings (SSSR count). The summed E-state index contributed by atoms with van der Waals surface area (Å²) in [5.74, 6) is -1.19. The molecule has 2 aromatic carbocycles. The highest BCUT2D eigenvalue weighted by atomic mass is 19.1. The van der Waals surface area contributed by atoms with E-state index in [4.69, 9.17) is 4.74 Å². The molecule has 0 saturated heterocycles. The van der Waals surface area contributed by atoms with E-state index in [-0.39, 0.29) is 12.4 Å². The van der Waals surface area contributed by atoms with Crippen LogP contribution >= 0.6 is 0 Å². The number of carbonyl (C=O) groups excluding carboxylic acids is 2. The van der Waals surface area contributed by atoms with E-state index in [0.717, 1.165) is 16.5 Å². The van der Waals surface area contributed by atoms with Gasteiger partial charge < -0.3 is 9.14 Å². The average molecular weight is 375 g/mol. The number of hydrogen-bond donors (Lipinski definition) is 0. The zero-order valence-electron chi connectivity index (χ0n) is 15.5. The maximum Gasteiger partial charge on any atom is 0.340 e. The molecule has 0 amide bonds. The molecule has 0 atom stereocenters. The van der Waals surface area contributed by atoms with E-state index in [0.29, 0.717) is 22.3 Å². The number of aryl methyl sites for hydroxylation is 1. The van der Waals surface area contributed by atoms with E-state index >= 15 is 0 Å². The first-order chi connectivity index (χ1) is 13.5. The van der Waals surface area contributed by atoms with Gasteiger partial charge in [-0.05, 0) is 67.8 Å². The Balaban J connectivity index is 2.01. The Morgan fingerprint density at radius 1 is 0.964 bits per heavy atom. The van der Waals surface area contributed by atoms with E-state index in [1.807, 2.05) is 37.3 Å². The topological polar surface area (TPSA) is 47.8 Å². The Hall–Kier alpha value is -3.47. The molecule has 2 aromatic heterocycles. The third kappa shape index (κ3) is 2.95. The zero-order valence-corrected chi connectivity index (χ0v) is 15.5. The normalized spacial score (nSPS) is 11.1. The summed E-state index contributed by atoms with van der Waals surface area (Å²) in [6, 6.07) is 16.6. The summed E-state index contributed by atoms with van der Waals surface area (Å²) in [5, 5.41) is 0.951. The Bertz CT molecular complexity index is 1220. The number of benzene rings is 2. The van der Waals surface area contributed by atoms with Gasteiger partial charge in [0, 0.05) is 5.56 Å². The smallest absolute Gasteiger partial charge is 0.340 e. The number of nitrogens with zero attached hydrogens (tertiary/aromatic N) is 1. The van der Waals surface area contributed by atoms with Crippen molar-refractivity contribution in [3.8, 4) is 0 Å². The van der Waals surface area contributed by atoms with Crippen molar-refractivity contribution in [3.63, 3.8) is 0 Å². The first-order valence-electron chi connectivity index (χ1n) is 9.02. The van der Waals surface area contributed by atoms with Crippen LogP contribution in [0.15, 0.2) is 60.7 Å². The number of esters is 1. The van der Waals surface area contributed by atoms with Gasteiger partial charge in [0.25, 0.3) is 0 Å². The second-order valence-electron chi connectivity index (χ2n) is 6.62. The van der Waals surface area contributed by atoms with Crippen LogP contribution < -0.4 is 0 Å². The van der Waals surface area contributed by atoms with E-state index in [9.17, 15) is 14.0 Å². The third-order valence-corrected chi connectivity index (χ3v) is 4.72. The largest absolute Gasteiger partial charge is 0.462 e. The Kier molecular flexibility index (Phi) is 4.43. The minimum atomic E-state index is -0.482. The molecule has 140 valence electrons. The predicted molar refractivity (Wildman–Crippen MR) is 105 cm³/mol. The molecule has 4 nitrogen and oxygen atoms in total. The first kappa shape index (κ1) is 17.9. The maximum absolute atomic E-state index is 13.3. The van der Waals surface area contributed by atoms with Gasteiger partial charge >= 0.3 is 5.97 Å². The van der Waals surface area contributed by atoms with Gasteiger partial charge in [-0.25, -0.2) is 9.18 Å². The van der Waals surface area contributed by atoms with Crippen LogP contribution in [-0.4, -0.2) is 22.8 Å². The highest BCUT2D eigenvalue weighted by Crippen LogP contribution is 2.27. The lowest BCUT2D eigenvalue weighted by Crippen LogP contribution is -2.06. The summed E-state index contributed by atoms with van der Waals surface area (Å²) in [7, 11) is 0. The van der Waals surface area contributed by atoms with Crippen molar-refractivity contribution >= 4 is 28.2 Å². The van der Waals surface area contributed by atoms with Gasteiger partial charge in [0.05, 0.1) is 28.9 Å². The van der Waals surface area contributed by atoms with E-state index in [1.54, 1.807) is 17.4 Å². The van der Waals surface area contributed by atoms with Crippen molar-refractivity contribution in [2.75, 3.05) is 6.61 Å². The monoisotopic (exact) mass is 375 g/mol. The fourth-order valence-corrected chi connectivity index (χ4v) is 3.42. The highest BCUT2D eigenvalue weighted by molar-refractivity contribution is 6.12. The van der Waals surface area contributed by atoms with Crippen LogP contribution in [0.3, 0.4) is 0 Å². The molecule has 0 unspecified atom stereocenters. The molecule has 0 aliphatic carbocycles. The van der Waals surface area contributed by atoms with Crippen LogP contribution in [0.5, 0.6) is 0 Å². The summed E-state index contributed by atoms with van der Waals surface area (Å²) in [4.78, 5) is 25.7. The molecule has 4 aromatic rings. The van der Waals surface area contributed by atoms with Crippen molar-refractivity contribution in [2.45, 2.75) is 13.8 Å². The molecule has 28 heavy (non-hydrogen) atoms. The molecule has 0 saturated carbocycles. The third-order valence-electron chi connectivity index (χ3n) is 4.72. The number of halogens is 1. The summed E-state index contributed by atoms with van der Waals surface area (Å²) >= 11 is 0. The molecule has 0 aliphatic heterocycles. The van der Waals surface area contributed by atoms with Gasteiger partial charge in [-0.1, -0.05) is 17.7 Å². The SMILES string of the molecule is CCOC(=O)c1cc(C(=O)c2ccc(F)cc2)n2c1ccc1cc(C)ccc12. The van der Waals surface area contributed by atoms with Crippen LogP contribution in [0, 0.1) is 12.7 Å². The lowest BCUT2D eigenvalue weighted by atomic mass is 10.1. The molecule has 5 heteroatoms. The summed E-state index contributed by atoms with van der Waals surface area (Å²) in [6.07, 6.45) is 0. The Morgan fingerprint density at radius 2 is 1.68 bits per heavy atom. The number of pyridine rings is 1. The van der Waals surface area contributed by atoms with Crippen molar-refractivity contribution < 1.29 is 18.7 Å². The molecular formula is C23H18FNO3. The van der Waals surface area contributed by atoms with Crippen molar-refractivity contribution in [1.29, 1.82) is 0 Å². The van der Waals surface area contributed by atoms with Gasteiger partial charge in [-0.3, -0.25) is 4.79 Å². The fraction of sp³-hybridized carbons (Fsp3) is 0.130. The Labute approximate surface area is 161 Å². The molecule has 0 fully saturated rings. The second-order valence-corrected chi connectivity index (χ2v) is 6.62. The molecule has 0 aliphatic rings. The summed E-state index contributed by atoms with van der Waals surface area (Å²) in [5.41, 5.74) is 3.51. The predicted octanol–water partition coefficient (Wildman–Crippen LogP) is 4.95. The number of aromatic nitrogens is 1. The highest BCUT2D eigenvalue weighted by Gasteiger charge is 2.22. The zero-order chi connectivity index (χ0) is 19.8. The van der Waals surface area contributed by atoms with Crippen LogP contribution in [0.2, 0.25) is 0 Å². The number of ketones is 1. The van der Waals surface area contributed by atoms with Gasteiger partial charge in [0.1, 0.15) is 5.82 Å². The number of fused-ring (bicyclic) bond motifs is 3. The van der Waals surface area contributed by atoms with E-state index < -0.39 is 11.8 Å². The van der Waals surface area contributed by atoms with Crippen LogP contribution in [0.4, 0.5) is 4.39 Å².